The van der Waals surface area contributed by atoms with E-state index in [0.29, 0.717) is 6.61 Å². The van der Waals surface area contributed by atoms with Crippen LogP contribution in [0.2, 0.25) is 0 Å². The first-order chi connectivity index (χ1) is 6.69. The fraction of sp³-hybridized carbons (Fsp3) is 0.455. The molecule has 0 saturated heterocycles. The molecule has 15 heavy (non-hydrogen) atoms. The topological polar surface area (TPSA) is 44.5 Å². The third-order valence-corrected chi connectivity index (χ3v) is 2.01. The van der Waals surface area contributed by atoms with E-state index >= 15 is 0 Å². The van der Waals surface area contributed by atoms with E-state index < -0.39 is 0 Å². The van der Waals surface area contributed by atoms with Crippen LogP contribution in [0.1, 0.15) is 25.5 Å². The zero-order chi connectivity index (χ0) is 10.6. The first-order valence-corrected chi connectivity index (χ1v) is 4.75. The standard InChI is InChI=1S/C11H17NO2.ClH/c1-4-14-10-6-5-9(8(2)12)7-11(10)13-3;/h5-8H,4,12H2,1-3H3;1H. The predicted octanol–water partition coefficient (Wildman–Crippen LogP) is 2.54. The van der Waals surface area contributed by atoms with Crippen LogP contribution in [0.3, 0.4) is 0 Å². The maximum atomic E-state index is 5.76. The monoisotopic (exact) mass is 231 g/mol. The highest BCUT2D eigenvalue weighted by molar-refractivity contribution is 5.85. The molecule has 0 heterocycles. The highest BCUT2D eigenvalue weighted by atomic mass is 35.5. The maximum Gasteiger partial charge on any atom is 0.161 e. The van der Waals surface area contributed by atoms with E-state index in [1.807, 2.05) is 32.0 Å². The third kappa shape index (κ3) is 3.61. The second kappa shape index (κ2) is 6.53. The molecule has 1 unspecified atom stereocenters. The predicted molar refractivity (Wildman–Crippen MR) is 64.0 cm³/mol. The molecule has 0 amide bonds. The summed E-state index contributed by atoms with van der Waals surface area (Å²) in [6, 6.07) is 5.77. The molecule has 0 saturated carbocycles. The average molecular weight is 232 g/mol. The fourth-order valence-corrected chi connectivity index (χ4v) is 1.24. The zero-order valence-corrected chi connectivity index (χ0v) is 10.1. The molecule has 86 valence electrons. The van der Waals surface area contributed by atoms with E-state index in [-0.39, 0.29) is 18.4 Å². The minimum atomic E-state index is 0. The molecule has 1 atom stereocenters. The van der Waals surface area contributed by atoms with Gasteiger partial charge in [-0.3, -0.25) is 0 Å². The molecule has 1 rings (SSSR count). The van der Waals surface area contributed by atoms with Gasteiger partial charge in [0.1, 0.15) is 0 Å². The van der Waals surface area contributed by atoms with Crippen molar-refractivity contribution in [2.24, 2.45) is 5.73 Å². The molecule has 0 radical (unpaired) electrons. The Morgan fingerprint density at radius 2 is 2.00 bits per heavy atom. The van der Waals surface area contributed by atoms with Gasteiger partial charge in [0.2, 0.25) is 0 Å². The van der Waals surface area contributed by atoms with Crippen LogP contribution in [0.25, 0.3) is 0 Å². The Morgan fingerprint density at radius 1 is 1.33 bits per heavy atom. The van der Waals surface area contributed by atoms with Gasteiger partial charge in [-0.15, -0.1) is 12.4 Å². The van der Waals surface area contributed by atoms with E-state index in [1.54, 1.807) is 7.11 Å². The van der Waals surface area contributed by atoms with Crippen LogP contribution in [0.4, 0.5) is 0 Å². The number of rotatable bonds is 4. The lowest BCUT2D eigenvalue weighted by molar-refractivity contribution is 0.310. The summed E-state index contributed by atoms with van der Waals surface area (Å²) >= 11 is 0. The van der Waals surface area contributed by atoms with Crippen molar-refractivity contribution in [2.45, 2.75) is 19.9 Å². The van der Waals surface area contributed by atoms with Gasteiger partial charge in [0.15, 0.2) is 11.5 Å². The van der Waals surface area contributed by atoms with Crippen LogP contribution >= 0.6 is 12.4 Å². The minimum absolute atomic E-state index is 0. The molecule has 1 aromatic rings. The SMILES string of the molecule is CCOc1ccc(C(C)N)cc1OC.Cl. The second-order valence-electron chi connectivity index (χ2n) is 3.13. The Kier molecular flexibility index (Phi) is 6.13. The van der Waals surface area contributed by atoms with Crippen molar-refractivity contribution < 1.29 is 9.47 Å². The Labute approximate surface area is 97.0 Å². The molecular formula is C11H18ClNO2. The number of hydrogen-bond acceptors (Lipinski definition) is 3. The van der Waals surface area contributed by atoms with Crippen LogP contribution in [-0.4, -0.2) is 13.7 Å². The summed E-state index contributed by atoms with van der Waals surface area (Å²) in [6.45, 7) is 4.52. The normalized spacial score (nSPS) is 11.5. The lowest BCUT2D eigenvalue weighted by Gasteiger charge is -2.12. The van der Waals surface area contributed by atoms with Crippen LogP contribution in [0.15, 0.2) is 18.2 Å². The van der Waals surface area contributed by atoms with E-state index in [0.717, 1.165) is 17.1 Å². The van der Waals surface area contributed by atoms with E-state index in [4.69, 9.17) is 15.2 Å². The summed E-state index contributed by atoms with van der Waals surface area (Å²) in [5.41, 5.74) is 6.81. The first-order valence-electron chi connectivity index (χ1n) is 4.75. The quantitative estimate of drug-likeness (QED) is 0.866. The highest BCUT2D eigenvalue weighted by Gasteiger charge is 2.06. The van der Waals surface area contributed by atoms with Crippen molar-refractivity contribution in [2.75, 3.05) is 13.7 Å². The number of halogens is 1. The van der Waals surface area contributed by atoms with Crippen LogP contribution in [0, 0.1) is 0 Å². The average Bonchev–Trinajstić information content (AvgIpc) is 2.18. The van der Waals surface area contributed by atoms with Gasteiger partial charge in [-0.2, -0.15) is 0 Å². The van der Waals surface area contributed by atoms with Gasteiger partial charge >= 0.3 is 0 Å². The molecule has 0 spiro atoms. The number of benzene rings is 1. The van der Waals surface area contributed by atoms with E-state index in [1.165, 1.54) is 0 Å². The summed E-state index contributed by atoms with van der Waals surface area (Å²) in [5.74, 6) is 1.50. The number of nitrogens with two attached hydrogens (primary N) is 1. The fourth-order valence-electron chi connectivity index (χ4n) is 1.24. The Bertz CT molecular complexity index is 303. The number of ether oxygens (including phenoxy) is 2. The van der Waals surface area contributed by atoms with Gasteiger partial charge in [-0.05, 0) is 31.5 Å². The van der Waals surface area contributed by atoms with Crippen molar-refractivity contribution in [3.63, 3.8) is 0 Å². The molecular weight excluding hydrogens is 214 g/mol. The van der Waals surface area contributed by atoms with Crippen molar-refractivity contribution >= 4 is 12.4 Å². The van der Waals surface area contributed by atoms with Crippen LogP contribution < -0.4 is 15.2 Å². The lowest BCUT2D eigenvalue weighted by atomic mass is 10.1. The summed E-state index contributed by atoms with van der Waals surface area (Å²) in [6.07, 6.45) is 0. The minimum Gasteiger partial charge on any atom is -0.493 e. The van der Waals surface area contributed by atoms with Gasteiger partial charge in [-0.25, -0.2) is 0 Å². The van der Waals surface area contributed by atoms with Gasteiger partial charge in [-0.1, -0.05) is 6.07 Å². The first kappa shape index (κ1) is 14.1. The van der Waals surface area contributed by atoms with E-state index in [9.17, 15) is 0 Å². The molecule has 4 heteroatoms. The van der Waals surface area contributed by atoms with E-state index in [2.05, 4.69) is 0 Å². The molecule has 0 aliphatic heterocycles. The third-order valence-electron chi connectivity index (χ3n) is 2.01. The van der Waals surface area contributed by atoms with Crippen molar-refractivity contribution in [1.29, 1.82) is 0 Å². The van der Waals surface area contributed by atoms with Crippen molar-refractivity contribution in [3.8, 4) is 11.5 Å². The van der Waals surface area contributed by atoms with Crippen LogP contribution in [-0.2, 0) is 0 Å². The molecule has 1 aromatic carbocycles. The summed E-state index contributed by atoms with van der Waals surface area (Å²) in [4.78, 5) is 0. The maximum absolute atomic E-state index is 5.76. The Balaban J connectivity index is 0.00000196. The van der Waals surface area contributed by atoms with Gasteiger partial charge < -0.3 is 15.2 Å². The Morgan fingerprint density at radius 3 is 2.47 bits per heavy atom. The summed E-state index contributed by atoms with van der Waals surface area (Å²) < 4.78 is 10.6. The molecule has 0 fully saturated rings. The highest BCUT2D eigenvalue weighted by Crippen LogP contribution is 2.29. The molecule has 2 N–H and O–H groups in total. The largest absolute Gasteiger partial charge is 0.493 e. The van der Waals surface area contributed by atoms with Crippen molar-refractivity contribution in [3.05, 3.63) is 23.8 Å². The van der Waals surface area contributed by atoms with Crippen LogP contribution in [0.5, 0.6) is 11.5 Å². The number of methoxy groups -OCH3 is 1. The summed E-state index contributed by atoms with van der Waals surface area (Å²) in [5, 5.41) is 0. The van der Waals surface area contributed by atoms with Gasteiger partial charge in [0, 0.05) is 6.04 Å². The number of hydrogen-bond donors (Lipinski definition) is 1. The molecule has 0 aliphatic rings. The zero-order valence-electron chi connectivity index (χ0n) is 9.32. The van der Waals surface area contributed by atoms with Gasteiger partial charge in [0.25, 0.3) is 0 Å². The van der Waals surface area contributed by atoms with Crippen molar-refractivity contribution in [1.82, 2.24) is 0 Å². The molecule has 0 aliphatic carbocycles. The molecule has 0 aromatic heterocycles. The summed E-state index contributed by atoms with van der Waals surface area (Å²) in [7, 11) is 1.63. The molecule has 0 bridgehead atoms. The van der Waals surface area contributed by atoms with Gasteiger partial charge in [0.05, 0.1) is 13.7 Å². The lowest BCUT2D eigenvalue weighted by Crippen LogP contribution is -2.05. The smallest absolute Gasteiger partial charge is 0.161 e. The second-order valence-corrected chi connectivity index (χ2v) is 3.13. The Hall–Kier alpha value is -0.930. The molecule has 3 nitrogen and oxygen atoms in total.